The molecular formula is C29H31N5. The van der Waals surface area contributed by atoms with E-state index < -0.39 is 0 Å². The first-order chi connectivity index (χ1) is 16.6. The molecule has 2 aromatic carbocycles. The Morgan fingerprint density at radius 1 is 1.06 bits per heavy atom. The summed E-state index contributed by atoms with van der Waals surface area (Å²) in [6.45, 7) is 5.07. The molecule has 5 heteroatoms. The van der Waals surface area contributed by atoms with Crippen molar-refractivity contribution < 1.29 is 0 Å². The number of nitrogens with two attached hydrogens (primary N) is 1. The molecule has 2 aliphatic rings. The highest BCUT2D eigenvalue weighted by atomic mass is 15.4. The number of rotatable bonds is 5. The highest BCUT2D eigenvalue weighted by molar-refractivity contribution is 5.82. The minimum Gasteiger partial charge on any atom is -0.365 e. The Balaban J connectivity index is 1.43. The third-order valence-corrected chi connectivity index (χ3v) is 7.50. The average Bonchev–Trinajstić information content (AvgIpc) is 3.24. The summed E-state index contributed by atoms with van der Waals surface area (Å²) < 4.78 is 1.93. The van der Waals surface area contributed by atoms with Crippen LogP contribution in [-0.2, 0) is 12.1 Å². The number of anilines is 1. The van der Waals surface area contributed by atoms with Crippen LogP contribution in [0.3, 0.4) is 0 Å². The smallest absolute Gasteiger partial charge is 0.161 e. The Bertz CT molecular complexity index is 1330. The number of hydrogen-bond donors (Lipinski definition) is 2. The van der Waals surface area contributed by atoms with E-state index in [-0.39, 0.29) is 5.54 Å². The first-order valence-corrected chi connectivity index (χ1v) is 12.3. The Labute approximate surface area is 201 Å². The number of fused-ring (bicyclic) bond motifs is 3. The number of aromatic nitrogens is 3. The molecule has 0 atom stereocenters. The molecule has 0 spiro atoms. The zero-order valence-corrected chi connectivity index (χ0v) is 19.9. The lowest BCUT2D eigenvalue weighted by Crippen LogP contribution is -2.48. The van der Waals surface area contributed by atoms with Gasteiger partial charge >= 0.3 is 0 Å². The summed E-state index contributed by atoms with van der Waals surface area (Å²) in [7, 11) is 0. The number of benzene rings is 2. The van der Waals surface area contributed by atoms with Crippen molar-refractivity contribution in [2.75, 3.05) is 5.32 Å². The third-order valence-electron chi connectivity index (χ3n) is 7.50. The molecule has 1 saturated carbocycles. The second-order valence-corrected chi connectivity index (χ2v) is 9.97. The van der Waals surface area contributed by atoms with E-state index in [0.29, 0.717) is 0 Å². The molecule has 3 heterocycles. The number of nitrogens with one attached hydrogen (secondary N) is 1. The molecular weight excluding hydrogens is 418 g/mol. The third kappa shape index (κ3) is 3.43. The van der Waals surface area contributed by atoms with Gasteiger partial charge in [0, 0.05) is 34.3 Å². The quantitative estimate of drug-likeness (QED) is 0.381. The maximum Gasteiger partial charge on any atom is 0.161 e. The zero-order chi connectivity index (χ0) is 23.3. The summed E-state index contributed by atoms with van der Waals surface area (Å²) in [6, 6.07) is 21.6. The predicted molar refractivity (Wildman–Crippen MR) is 138 cm³/mol. The van der Waals surface area contributed by atoms with E-state index >= 15 is 0 Å². The van der Waals surface area contributed by atoms with E-state index in [1.165, 1.54) is 18.4 Å². The number of nitrogens with zero attached hydrogens (tertiary/aromatic N) is 3. The summed E-state index contributed by atoms with van der Waals surface area (Å²) in [5, 5.41) is 8.10. The molecule has 4 aromatic rings. The molecule has 34 heavy (non-hydrogen) atoms. The van der Waals surface area contributed by atoms with Crippen LogP contribution in [-0.4, -0.2) is 14.8 Å². The zero-order valence-electron chi connectivity index (χ0n) is 19.9. The van der Waals surface area contributed by atoms with E-state index in [9.17, 15) is 0 Å². The van der Waals surface area contributed by atoms with Gasteiger partial charge in [0.15, 0.2) is 5.82 Å². The molecule has 3 N–H and O–H groups in total. The van der Waals surface area contributed by atoms with Gasteiger partial charge in [-0.25, -0.2) is 4.98 Å². The van der Waals surface area contributed by atoms with Crippen LogP contribution in [0.5, 0.6) is 0 Å². The Morgan fingerprint density at radius 2 is 1.82 bits per heavy atom. The normalized spacial score (nSPS) is 20.7. The minimum atomic E-state index is -0.183. The van der Waals surface area contributed by atoms with Gasteiger partial charge in [-0.05, 0) is 42.9 Å². The molecule has 1 aliphatic heterocycles. The first kappa shape index (κ1) is 21.1. The molecule has 2 aromatic heterocycles. The van der Waals surface area contributed by atoms with Crippen LogP contribution in [0.15, 0.2) is 66.9 Å². The summed E-state index contributed by atoms with van der Waals surface area (Å²) in [5.74, 6) is 2.68. The van der Waals surface area contributed by atoms with E-state index in [1.807, 2.05) is 10.9 Å². The van der Waals surface area contributed by atoms with Crippen molar-refractivity contribution in [2.45, 2.75) is 51.6 Å². The van der Waals surface area contributed by atoms with Gasteiger partial charge in [-0.15, -0.1) is 0 Å². The van der Waals surface area contributed by atoms with E-state index in [0.717, 1.165) is 70.5 Å². The number of pyridine rings is 1. The molecule has 0 bridgehead atoms. The summed E-state index contributed by atoms with van der Waals surface area (Å²) in [5.41, 5.74) is 14.5. The predicted octanol–water partition coefficient (Wildman–Crippen LogP) is 6.20. The van der Waals surface area contributed by atoms with Crippen molar-refractivity contribution in [3.63, 3.8) is 0 Å². The van der Waals surface area contributed by atoms with Crippen molar-refractivity contribution in [1.82, 2.24) is 14.8 Å². The van der Waals surface area contributed by atoms with Crippen LogP contribution in [0.25, 0.3) is 28.2 Å². The van der Waals surface area contributed by atoms with Gasteiger partial charge in [0.25, 0.3) is 0 Å². The van der Waals surface area contributed by atoms with Crippen LogP contribution in [0.2, 0.25) is 0 Å². The highest BCUT2D eigenvalue weighted by Gasteiger charge is 2.41. The van der Waals surface area contributed by atoms with Gasteiger partial charge in [0.2, 0.25) is 0 Å². The van der Waals surface area contributed by atoms with Crippen LogP contribution in [0.1, 0.15) is 49.3 Å². The van der Waals surface area contributed by atoms with Crippen LogP contribution < -0.4 is 11.1 Å². The molecule has 1 fully saturated rings. The van der Waals surface area contributed by atoms with Gasteiger partial charge in [-0.3, -0.25) is 0 Å². The van der Waals surface area contributed by atoms with Crippen molar-refractivity contribution >= 4 is 5.82 Å². The van der Waals surface area contributed by atoms with E-state index in [1.54, 1.807) is 0 Å². The summed E-state index contributed by atoms with van der Waals surface area (Å²) >= 11 is 0. The summed E-state index contributed by atoms with van der Waals surface area (Å²) in [6.07, 6.45) is 6.57. The lowest BCUT2D eigenvalue weighted by Gasteiger charge is -2.45. The topological polar surface area (TPSA) is 68.8 Å². The molecule has 0 radical (unpaired) electrons. The number of hydrogen-bond acceptors (Lipinski definition) is 4. The fourth-order valence-corrected chi connectivity index (χ4v) is 5.68. The average molecular weight is 450 g/mol. The van der Waals surface area contributed by atoms with E-state index in [2.05, 4.69) is 84.9 Å². The molecule has 172 valence electrons. The maximum absolute atomic E-state index is 6.77. The fraction of sp³-hybridized carbons (Fsp3) is 0.310. The van der Waals surface area contributed by atoms with E-state index in [4.69, 9.17) is 10.7 Å². The van der Waals surface area contributed by atoms with Gasteiger partial charge in [-0.1, -0.05) is 74.4 Å². The molecule has 0 saturated heterocycles. The molecule has 6 rings (SSSR count). The SMILES string of the molecule is CCCC1CC(N)(c2ccc(-c3nc4c(cc3-c3ccccc3)CNc3c(C)cnn3-4)cc2)C1. The Morgan fingerprint density at radius 3 is 2.56 bits per heavy atom. The number of aryl methyl sites for hydroxylation is 1. The van der Waals surface area contributed by atoms with Crippen molar-refractivity contribution in [3.8, 4) is 28.2 Å². The van der Waals surface area contributed by atoms with Crippen LogP contribution in [0, 0.1) is 12.8 Å². The first-order valence-electron chi connectivity index (χ1n) is 12.3. The van der Waals surface area contributed by atoms with Gasteiger partial charge in [0.05, 0.1) is 11.9 Å². The van der Waals surface area contributed by atoms with Crippen molar-refractivity contribution in [3.05, 3.63) is 83.6 Å². The standard InChI is InChI=1S/C29H31N5/c1-3-7-20-15-29(30,16-20)24-12-10-22(11-13-24)26-25(21-8-5-4-6-9-21)14-23-18-31-27-19(2)17-32-34(27)28(23)33-26/h4-6,8-14,17,20,31H,3,7,15-16,18,30H2,1-2H3. The molecule has 5 nitrogen and oxygen atoms in total. The Kier molecular flexibility index (Phi) is 5.03. The second-order valence-electron chi connectivity index (χ2n) is 9.97. The maximum atomic E-state index is 6.77. The highest BCUT2D eigenvalue weighted by Crippen LogP contribution is 2.46. The van der Waals surface area contributed by atoms with Crippen LogP contribution in [0.4, 0.5) is 5.82 Å². The molecule has 0 amide bonds. The van der Waals surface area contributed by atoms with Crippen molar-refractivity contribution in [1.29, 1.82) is 0 Å². The minimum absolute atomic E-state index is 0.183. The fourth-order valence-electron chi connectivity index (χ4n) is 5.68. The lowest BCUT2D eigenvalue weighted by molar-refractivity contribution is 0.138. The summed E-state index contributed by atoms with van der Waals surface area (Å²) in [4.78, 5) is 5.21. The monoisotopic (exact) mass is 449 g/mol. The largest absolute Gasteiger partial charge is 0.365 e. The molecule has 0 unspecified atom stereocenters. The second kappa shape index (κ2) is 8.10. The van der Waals surface area contributed by atoms with Crippen molar-refractivity contribution in [2.24, 2.45) is 11.7 Å². The Hall–Kier alpha value is -3.44. The molecule has 1 aliphatic carbocycles. The lowest BCUT2D eigenvalue weighted by atomic mass is 9.64. The van der Waals surface area contributed by atoms with Gasteiger partial charge < -0.3 is 11.1 Å². The van der Waals surface area contributed by atoms with Crippen LogP contribution >= 0.6 is 0 Å². The van der Waals surface area contributed by atoms with Gasteiger partial charge in [0.1, 0.15) is 5.82 Å². The van der Waals surface area contributed by atoms with Gasteiger partial charge in [-0.2, -0.15) is 9.78 Å².